The second kappa shape index (κ2) is 4.01. The smallest absolute Gasteiger partial charge is 0.119 e. The zero-order valence-electron chi connectivity index (χ0n) is 8.57. The van der Waals surface area contributed by atoms with Crippen LogP contribution in [0.3, 0.4) is 0 Å². The van der Waals surface area contributed by atoms with Gasteiger partial charge in [-0.3, -0.25) is 0 Å². The second-order valence-electron chi connectivity index (χ2n) is 3.98. The minimum atomic E-state index is 0.335. The molecular weight excluding hydrogens is 174 g/mol. The molecule has 76 valence electrons. The van der Waals surface area contributed by atoms with Gasteiger partial charge in [0.15, 0.2) is 0 Å². The highest BCUT2D eigenvalue weighted by Crippen LogP contribution is 2.34. The molecule has 1 aromatic rings. The van der Waals surface area contributed by atoms with Crippen molar-refractivity contribution in [3.8, 4) is 5.75 Å². The van der Waals surface area contributed by atoms with Crippen molar-refractivity contribution in [2.24, 2.45) is 5.73 Å². The molecule has 1 saturated carbocycles. The maximum Gasteiger partial charge on any atom is 0.119 e. The number of methoxy groups -OCH3 is 1. The normalized spacial score (nSPS) is 26.4. The molecule has 0 saturated heterocycles. The van der Waals surface area contributed by atoms with Crippen LogP contribution in [0.2, 0.25) is 0 Å². The first-order chi connectivity index (χ1) is 6.81. The molecule has 0 radical (unpaired) electrons. The monoisotopic (exact) mass is 191 g/mol. The fraction of sp³-hybridized carbons (Fsp3) is 0.500. The summed E-state index contributed by atoms with van der Waals surface area (Å²) < 4.78 is 5.21. The highest BCUT2D eigenvalue weighted by atomic mass is 16.5. The Labute approximate surface area is 85.1 Å². The molecular formula is C12H17NO. The molecule has 0 spiro atoms. The van der Waals surface area contributed by atoms with Crippen LogP contribution in [0.5, 0.6) is 5.75 Å². The molecule has 1 aliphatic rings. The molecule has 1 aliphatic carbocycles. The van der Waals surface area contributed by atoms with Gasteiger partial charge in [0.05, 0.1) is 7.11 Å². The predicted molar refractivity (Wildman–Crippen MR) is 57.6 cm³/mol. The van der Waals surface area contributed by atoms with Gasteiger partial charge in [0.25, 0.3) is 0 Å². The van der Waals surface area contributed by atoms with Gasteiger partial charge in [-0.15, -0.1) is 0 Å². The van der Waals surface area contributed by atoms with Crippen molar-refractivity contribution in [3.63, 3.8) is 0 Å². The molecule has 0 aliphatic heterocycles. The van der Waals surface area contributed by atoms with Gasteiger partial charge in [-0.1, -0.05) is 18.6 Å². The summed E-state index contributed by atoms with van der Waals surface area (Å²) in [6.45, 7) is 0. The minimum Gasteiger partial charge on any atom is -0.497 e. The molecule has 2 nitrogen and oxygen atoms in total. The zero-order valence-corrected chi connectivity index (χ0v) is 8.57. The summed E-state index contributed by atoms with van der Waals surface area (Å²) in [6.07, 6.45) is 3.62. The molecule has 2 heteroatoms. The quantitative estimate of drug-likeness (QED) is 0.778. The van der Waals surface area contributed by atoms with Gasteiger partial charge in [-0.25, -0.2) is 0 Å². The van der Waals surface area contributed by atoms with E-state index in [1.165, 1.54) is 18.4 Å². The van der Waals surface area contributed by atoms with Crippen molar-refractivity contribution >= 4 is 0 Å². The number of hydrogen-bond donors (Lipinski definition) is 1. The molecule has 0 bridgehead atoms. The molecule has 1 aromatic carbocycles. The number of ether oxygens (including phenoxy) is 1. The van der Waals surface area contributed by atoms with Crippen LogP contribution in [-0.2, 0) is 0 Å². The van der Waals surface area contributed by atoms with E-state index in [0.29, 0.717) is 12.0 Å². The fourth-order valence-electron chi connectivity index (χ4n) is 2.27. The van der Waals surface area contributed by atoms with Crippen LogP contribution in [0.25, 0.3) is 0 Å². The average Bonchev–Trinajstić information content (AvgIpc) is 2.65. The van der Waals surface area contributed by atoms with Gasteiger partial charge in [-0.05, 0) is 36.5 Å². The lowest BCUT2D eigenvalue weighted by atomic mass is 9.94. The van der Waals surface area contributed by atoms with Crippen LogP contribution in [-0.4, -0.2) is 13.2 Å². The van der Waals surface area contributed by atoms with Gasteiger partial charge in [0.1, 0.15) is 5.75 Å². The van der Waals surface area contributed by atoms with E-state index < -0.39 is 0 Å². The van der Waals surface area contributed by atoms with Gasteiger partial charge in [0.2, 0.25) is 0 Å². The van der Waals surface area contributed by atoms with Crippen molar-refractivity contribution < 1.29 is 4.74 Å². The first kappa shape index (κ1) is 9.53. The summed E-state index contributed by atoms with van der Waals surface area (Å²) in [5.74, 6) is 1.46. The van der Waals surface area contributed by atoms with E-state index in [9.17, 15) is 0 Å². The van der Waals surface area contributed by atoms with Crippen LogP contribution in [0.1, 0.15) is 30.7 Å². The van der Waals surface area contributed by atoms with Crippen LogP contribution in [0.15, 0.2) is 24.3 Å². The average molecular weight is 191 g/mol. The zero-order chi connectivity index (χ0) is 9.97. The Morgan fingerprint density at radius 3 is 2.86 bits per heavy atom. The van der Waals surface area contributed by atoms with Crippen molar-refractivity contribution in [2.45, 2.75) is 31.2 Å². The SMILES string of the molecule is COc1cccc([C@H]2CCC[C@H]2N)c1. The predicted octanol–water partition coefficient (Wildman–Crippen LogP) is 2.29. The minimum absolute atomic E-state index is 0.335. The van der Waals surface area contributed by atoms with E-state index in [2.05, 4.69) is 12.1 Å². The van der Waals surface area contributed by atoms with Crippen LogP contribution in [0.4, 0.5) is 0 Å². The van der Waals surface area contributed by atoms with Gasteiger partial charge in [0, 0.05) is 6.04 Å². The van der Waals surface area contributed by atoms with Crippen molar-refractivity contribution in [3.05, 3.63) is 29.8 Å². The summed E-state index contributed by atoms with van der Waals surface area (Å²) in [4.78, 5) is 0. The first-order valence-corrected chi connectivity index (χ1v) is 5.21. The standard InChI is InChI=1S/C12H17NO/c1-14-10-5-2-4-9(8-10)11-6-3-7-12(11)13/h2,4-5,8,11-12H,3,6-7,13H2,1H3/t11-,12-/m1/s1. The third-order valence-corrected chi connectivity index (χ3v) is 3.09. The van der Waals surface area contributed by atoms with Crippen molar-refractivity contribution in [1.82, 2.24) is 0 Å². The molecule has 0 unspecified atom stereocenters. The lowest BCUT2D eigenvalue weighted by molar-refractivity contribution is 0.413. The molecule has 2 N–H and O–H groups in total. The maximum atomic E-state index is 6.06. The maximum absolute atomic E-state index is 6.06. The fourth-order valence-corrected chi connectivity index (χ4v) is 2.27. The van der Waals surface area contributed by atoms with E-state index in [1.807, 2.05) is 12.1 Å². The lowest BCUT2D eigenvalue weighted by Gasteiger charge is -2.16. The third kappa shape index (κ3) is 1.75. The molecule has 0 heterocycles. The number of benzene rings is 1. The molecule has 0 aromatic heterocycles. The Morgan fingerprint density at radius 1 is 1.36 bits per heavy atom. The van der Waals surface area contributed by atoms with Crippen molar-refractivity contribution in [1.29, 1.82) is 0 Å². The van der Waals surface area contributed by atoms with Gasteiger partial charge >= 0.3 is 0 Å². The largest absolute Gasteiger partial charge is 0.497 e. The number of hydrogen-bond acceptors (Lipinski definition) is 2. The van der Waals surface area contributed by atoms with E-state index in [1.54, 1.807) is 7.11 Å². The molecule has 0 amide bonds. The van der Waals surface area contributed by atoms with Crippen molar-refractivity contribution in [2.75, 3.05) is 7.11 Å². The molecule has 14 heavy (non-hydrogen) atoms. The molecule has 2 atom stereocenters. The highest BCUT2D eigenvalue weighted by Gasteiger charge is 2.25. The van der Waals surface area contributed by atoms with Gasteiger partial charge in [-0.2, -0.15) is 0 Å². The summed E-state index contributed by atoms with van der Waals surface area (Å²) in [5, 5.41) is 0. The Morgan fingerprint density at radius 2 is 2.21 bits per heavy atom. The van der Waals surface area contributed by atoms with Crippen LogP contribution in [0, 0.1) is 0 Å². The Bertz CT molecular complexity index is 311. The summed E-state index contributed by atoms with van der Waals surface area (Å²) >= 11 is 0. The van der Waals surface area contributed by atoms with E-state index in [0.717, 1.165) is 12.2 Å². The Balaban J connectivity index is 2.22. The summed E-state index contributed by atoms with van der Waals surface area (Å²) in [6, 6.07) is 8.61. The Hall–Kier alpha value is -1.02. The van der Waals surface area contributed by atoms with Crippen LogP contribution < -0.4 is 10.5 Å². The Kier molecular flexibility index (Phi) is 2.73. The van der Waals surface area contributed by atoms with E-state index in [-0.39, 0.29) is 0 Å². The lowest BCUT2D eigenvalue weighted by Crippen LogP contribution is -2.22. The van der Waals surface area contributed by atoms with Gasteiger partial charge < -0.3 is 10.5 Å². The highest BCUT2D eigenvalue weighted by molar-refractivity contribution is 5.32. The summed E-state index contributed by atoms with van der Waals surface area (Å²) in [7, 11) is 1.70. The number of rotatable bonds is 2. The van der Waals surface area contributed by atoms with E-state index >= 15 is 0 Å². The second-order valence-corrected chi connectivity index (χ2v) is 3.98. The summed E-state index contributed by atoms with van der Waals surface area (Å²) in [5.41, 5.74) is 7.39. The topological polar surface area (TPSA) is 35.2 Å². The first-order valence-electron chi connectivity index (χ1n) is 5.21. The molecule has 1 fully saturated rings. The number of nitrogens with two attached hydrogens (primary N) is 1. The van der Waals surface area contributed by atoms with Crippen LogP contribution >= 0.6 is 0 Å². The third-order valence-electron chi connectivity index (χ3n) is 3.09. The van der Waals surface area contributed by atoms with E-state index in [4.69, 9.17) is 10.5 Å². The molecule has 2 rings (SSSR count).